The molecule has 1 heterocycles. The molecule has 152 valence electrons. The quantitative estimate of drug-likeness (QED) is 0.298. The smallest absolute Gasteiger partial charge is 0.270 e. The highest BCUT2D eigenvalue weighted by Crippen LogP contribution is 2.33. The van der Waals surface area contributed by atoms with Crippen LogP contribution in [0.15, 0.2) is 41.6 Å². The van der Waals surface area contributed by atoms with Gasteiger partial charge in [0.15, 0.2) is 5.82 Å². The van der Waals surface area contributed by atoms with Gasteiger partial charge in [-0.2, -0.15) is 0 Å². The molecule has 0 saturated heterocycles. The number of methoxy groups -OCH3 is 1. The largest absolute Gasteiger partial charge is 0.496 e. The Morgan fingerprint density at radius 1 is 1.24 bits per heavy atom. The Kier molecular flexibility index (Phi) is 6.60. The molecule has 3 aromatic rings. The lowest BCUT2D eigenvalue weighted by molar-refractivity contribution is -0.384. The van der Waals surface area contributed by atoms with Crippen LogP contribution in [0.25, 0.3) is 11.4 Å². The lowest BCUT2D eigenvalue weighted by Crippen LogP contribution is -2.07. The van der Waals surface area contributed by atoms with Crippen molar-refractivity contribution >= 4 is 29.1 Å². The molecule has 0 unspecified atom stereocenters. The molecule has 1 aromatic heterocycles. The van der Waals surface area contributed by atoms with Crippen LogP contribution in [0, 0.1) is 10.1 Å². The zero-order valence-electron chi connectivity index (χ0n) is 16.0. The number of H-pyrrole nitrogens is 1. The first-order valence-corrected chi connectivity index (χ1v) is 10.1. The first kappa shape index (κ1) is 20.9. The first-order chi connectivity index (χ1) is 13.9. The number of non-ortho nitro benzene ring substituents is 1. The number of rotatable bonds is 8. The van der Waals surface area contributed by atoms with E-state index in [1.54, 1.807) is 31.4 Å². The van der Waals surface area contributed by atoms with Gasteiger partial charge in [-0.15, -0.1) is 5.10 Å². The van der Waals surface area contributed by atoms with E-state index >= 15 is 0 Å². The predicted octanol–water partition coefficient (Wildman–Crippen LogP) is 5.12. The summed E-state index contributed by atoms with van der Waals surface area (Å²) in [5, 5.41) is 19.2. The molecule has 0 bridgehead atoms. The second kappa shape index (κ2) is 9.15. The van der Waals surface area contributed by atoms with Crippen molar-refractivity contribution in [2.45, 2.75) is 30.9 Å². The molecular formula is C19H19ClN4O4S. The average molecular weight is 435 g/mol. The molecule has 1 N–H and O–H groups in total. The zero-order chi connectivity index (χ0) is 21.0. The topological polar surface area (TPSA) is 103 Å². The lowest BCUT2D eigenvalue weighted by Gasteiger charge is -2.13. The van der Waals surface area contributed by atoms with Gasteiger partial charge in [-0.3, -0.25) is 15.2 Å². The van der Waals surface area contributed by atoms with E-state index < -0.39 is 4.92 Å². The Hall–Kier alpha value is -2.78. The number of nitrogens with one attached hydrogen (secondary N) is 1. The molecule has 0 aliphatic rings. The van der Waals surface area contributed by atoms with Crippen molar-refractivity contribution in [3.05, 3.63) is 57.1 Å². The average Bonchev–Trinajstić information content (AvgIpc) is 3.15. The molecule has 0 atom stereocenters. The van der Waals surface area contributed by atoms with Gasteiger partial charge in [-0.05, 0) is 38.1 Å². The number of halogens is 1. The summed E-state index contributed by atoms with van der Waals surface area (Å²) in [7, 11) is 1.57. The van der Waals surface area contributed by atoms with Gasteiger partial charge < -0.3 is 9.47 Å². The van der Waals surface area contributed by atoms with E-state index in [9.17, 15) is 10.1 Å². The monoisotopic (exact) mass is 434 g/mol. The Bertz CT molecular complexity index is 1030. The Balaban J connectivity index is 1.82. The minimum Gasteiger partial charge on any atom is -0.496 e. The summed E-state index contributed by atoms with van der Waals surface area (Å²) >= 11 is 7.42. The van der Waals surface area contributed by atoms with Crippen molar-refractivity contribution in [1.29, 1.82) is 0 Å². The van der Waals surface area contributed by atoms with Gasteiger partial charge in [0.2, 0.25) is 5.16 Å². The predicted molar refractivity (Wildman–Crippen MR) is 112 cm³/mol. The molecule has 0 amide bonds. The summed E-state index contributed by atoms with van der Waals surface area (Å²) in [6.45, 7) is 3.80. The van der Waals surface area contributed by atoms with Crippen molar-refractivity contribution in [1.82, 2.24) is 15.2 Å². The summed E-state index contributed by atoms with van der Waals surface area (Å²) in [6.07, 6.45) is -0.0504. The number of thioether (sulfide) groups is 1. The van der Waals surface area contributed by atoms with Gasteiger partial charge in [0.1, 0.15) is 11.5 Å². The fraction of sp³-hybridized carbons (Fsp3) is 0.263. The van der Waals surface area contributed by atoms with Crippen molar-refractivity contribution in [2.75, 3.05) is 7.11 Å². The standard InChI is InChI=1S/C19H19ClN4O4S/c1-11(2)28-16-7-5-14(24(25)26)8-12(16)10-29-19-21-18(22-23-19)15-9-13(20)4-6-17(15)27-3/h4-9,11H,10H2,1-3H3,(H,21,22,23). The number of nitro benzene ring substituents is 1. The molecule has 10 heteroatoms. The molecule has 3 rings (SSSR count). The van der Waals surface area contributed by atoms with E-state index in [1.165, 1.54) is 23.9 Å². The third kappa shape index (κ3) is 5.18. The van der Waals surface area contributed by atoms with E-state index in [4.69, 9.17) is 21.1 Å². The molecule has 8 nitrogen and oxygen atoms in total. The van der Waals surface area contributed by atoms with Crippen molar-refractivity contribution in [3.63, 3.8) is 0 Å². The normalized spacial score (nSPS) is 10.9. The third-order valence-electron chi connectivity index (χ3n) is 3.86. The van der Waals surface area contributed by atoms with E-state index in [1.807, 2.05) is 13.8 Å². The maximum atomic E-state index is 11.1. The molecule has 2 aromatic carbocycles. The number of aromatic amines is 1. The van der Waals surface area contributed by atoms with Gasteiger partial charge in [-0.25, -0.2) is 4.98 Å². The Labute approximate surface area is 176 Å². The number of nitrogens with zero attached hydrogens (tertiary/aromatic N) is 3. The minimum atomic E-state index is -0.427. The summed E-state index contributed by atoms with van der Waals surface area (Å²) in [5.41, 5.74) is 1.40. The first-order valence-electron chi connectivity index (χ1n) is 8.70. The van der Waals surface area contributed by atoms with E-state index in [2.05, 4.69) is 15.2 Å². The fourth-order valence-corrected chi connectivity index (χ4v) is 3.55. The van der Waals surface area contributed by atoms with Gasteiger partial charge in [-0.1, -0.05) is 23.4 Å². The van der Waals surface area contributed by atoms with Crippen LogP contribution in [0.1, 0.15) is 19.4 Å². The van der Waals surface area contributed by atoms with Crippen LogP contribution in [0.5, 0.6) is 11.5 Å². The maximum Gasteiger partial charge on any atom is 0.270 e. The number of benzene rings is 2. The van der Waals surface area contributed by atoms with E-state index in [-0.39, 0.29) is 11.8 Å². The molecule has 0 aliphatic carbocycles. The molecular weight excluding hydrogens is 416 g/mol. The van der Waals surface area contributed by atoms with Gasteiger partial charge in [0.05, 0.1) is 23.7 Å². The third-order valence-corrected chi connectivity index (χ3v) is 4.99. The SMILES string of the molecule is COc1ccc(Cl)cc1-c1nc(SCc2cc([N+](=O)[O-])ccc2OC(C)C)n[nH]1. The van der Waals surface area contributed by atoms with Crippen LogP contribution in [-0.2, 0) is 5.75 Å². The molecule has 0 aliphatic heterocycles. The highest BCUT2D eigenvalue weighted by atomic mass is 35.5. The minimum absolute atomic E-state index is 0.0102. The lowest BCUT2D eigenvalue weighted by atomic mass is 10.2. The zero-order valence-corrected chi connectivity index (χ0v) is 17.6. The van der Waals surface area contributed by atoms with E-state index in [0.717, 1.165) is 0 Å². The van der Waals surface area contributed by atoms with Crippen LogP contribution < -0.4 is 9.47 Å². The Morgan fingerprint density at radius 2 is 2.00 bits per heavy atom. The Morgan fingerprint density at radius 3 is 2.69 bits per heavy atom. The maximum absolute atomic E-state index is 11.1. The molecule has 29 heavy (non-hydrogen) atoms. The van der Waals surface area contributed by atoms with Crippen LogP contribution >= 0.6 is 23.4 Å². The molecule has 0 fully saturated rings. The summed E-state index contributed by atoms with van der Waals surface area (Å²) in [4.78, 5) is 15.2. The number of ether oxygens (including phenoxy) is 2. The highest BCUT2D eigenvalue weighted by Gasteiger charge is 2.16. The summed E-state index contributed by atoms with van der Waals surface area (Å²) < 4.78 is 11.1. The van der Waals surface area contributed by atoms with Crippen LogP contribution in [0.4, 0.5) is 5.69 Å². The van der Waals surface area contributed by atoms with Gasteiger partial charge in [0, 0.05) is 28.5 Å². The van der Waals surface area contributed by atoms with Crippen molar-refractivity contribution in [2.24, 2.45) is 0 Å². The van der Waals surface area contributed by atoms with Crippen LogP contribution in [0.3, 0.4) is 0 Å². The molecule has 0 saturated carbocycles. The number of aromatic nitrogens is 3. The van der Waals surface area contributed by atoms with Gasteiger partial charge in [0.25, 0.3) is 5.69 Å². The van der Waals surface area contributed by atoms with Crippen LogP contribution in [0.2, 0.25) is 5.02 Å². The van der Waals surface area contributed by atoms with Crippen molar-refractivity contribution < 1.29 is 14.4 Å². The number of hydrogen-bond donors (Lipinski definition) is 1. The second-order valence-corrected chi connectivity index (χ2v) is 7.69. The fourth-order valence-electron chi connectivity index (χ4n) is 2.60. The summed E-state index contributed by atoms with van der Waals surface area (Å²) in [6, 6.07) is 9.79. The summed E-state index contributed by atoms with van der Waals surface area (Å²) in [5.74, 6) is 2.15. The second-order valence-electron chi connectivity index (χ2n) is 6.32. The number of nitro groups is 1. The van der Waals surface area contributed by atoms with E-state index in [0.29, 0.717) is 44.4 Å². The van der Waals surface area contributed by atoms with Gasteiger partial charge >= 0.3 is 0 Å². The number of hydrogen-bond acceptors (Lipinski definition) is 7. The van der Waals surface area contributed by atoms with Crippen molar-refractivity contribution in [3.8, 4) is 22.9 Å². The highest BCUT2D eigenvalue weighted by molar-refractivity contribution is 7.98. The molecule has 0 radical (unpaired) electrons. The van der Waals surface area contributed by atoms with Crippen LogP contribution in [-0.4, -0.2) is 33.3 Å². The molecule has 0 spiro atoms.